The Labute approximate surface area is 91.9 Å². The molecule has 1 fully saturated rings. The molecule has 0 atom stereocenters. The van der Waals surface area contributed by atoms with Crippen LogP contribution in [0.1, 0.15) is 5.56 Å². The van der Waals surface area contributed by atoms with Crippen LogP contribution in [0, 0.1) is 6.92 Å². The summed E-state index contributed by atoms with van der Waals surface area (Å²) in [5, 5.41) is 0. The van der Waals surface area contributed by atoms with Crippen molar-refractivity contribution in [1.82, 2.24) is 4.98 Å². The van der Waals surface area contributed by atoms with Gasteiger partial charge in [-0.1, -0.05) is 0 Å². The van der Waals surface area contributed by atoms with Crippen molar-refractivity contribution in [3.63, 3.8) is 0 Å². The van der Waals surface area contributed by atoms with E-state index in [0.29, 0.717) is 0 Å². The fraction of sp³-hybridized carbons (Fsp3) is 0.500. The Balaban J connectivity index is 2.16. The molecule has 1 aliphatic rings. The minimum absolute atomic E-state index is 0.639. The lowest BCUT2D eigenvalue weighted by molar-refractivity contribution is 0.672. The standard InChI is InChI=1S/C10H15N3OS/c1-8-6-10(12-7-9(8)11)13-2-4-15(14)5-3-13/h6-7H,2-5,11H2,1H3. The largest absolute Gasteiger partial charge is 0.397 e. The van der Waals surface area contributed by atoms with E-state index in [1.54, 1.807) is 6.20 Å². The zero-order chi connectivity index (χ0) is 10.8. The molecule has 2 heterocycles. The Bertz CT molecular complexity index is 384. The molecule has 4 nitrogen and oxygen atoms in total. The maximum Gasteiger partial charge on any atom is 0.128 e. The number of nitrogens with two attached hydrogens (primary N) is 1. The summed E-state index contributed by atoms with van der Waals surface area (Å²) in [6.45, 7) is 3.62. The van der Waals surface area contributed by atoms with Crippen molar-refractivity contribution < 1.29 is 4.21 Å². The van der Waals surface area contributed by atoms with Crippen LogP contribution < -0.4 is 10.6 Å². The smallest absolute Gasteiger partial charge is 0.128 e. The van der Waals surface area contributed by atoms with Crippen molar-refractivity contribution >= 4 is 22.3 Å². The van der Waals surface area contributed by atoms with Gasteiger partial charge in [-0.2, -0.15) is 0 Å². The van der Waals surface area contributed by atoms with Crippen LogP contribution in [0.2, 0.25) is 0 Å². The average molecular weight is 225 g/mol. The number of nitrogens with zero attached hydrogens (tertiary/aromatic N) is 2. The van der Waals surface area contributed by atoms with Crippen molar-refractivity contribution in [2.75, 3.05) is 35.2 Å². The lowest BCUT2D eigenvalue weighted by Crippen LogP contribution is -2.38. The molecule has 2 rings (SSSR count). The lowest BCUT2D eigenvalue weighted by atomic mass is 10.2. The normalized spacial score (nSPS) is 18.1. The number of aryl methyl sites for hydroxylation is 1. The van der Waals surface area contributed by atoms with E-state index in [1.807, 2.05) is 13.0 Å². The van der Waals surface area contributed by atoms with Gasteiger partial charge in [0.05, 0.1) is 11.9 Å². The van der Waals surface area contributed by atoms with E-state index in [2.05, 4.69) is 9.88 Å². The molecule has 82 valence electrons. The number of aromatic nitrogens is 1. The van der Waals surface area contributed by atoms with Gasteiger partial charge in [0.25, 0.3) is 0 Å². The molecular weight excluding hydrogens is 210 g/mol. The Kier molecular flexibility index (Phi) is 2.90. The van der Waals surface area contributed by atoms with E-state index in [-0.39, 0.29) is 0 Å². The maximum absolute atomic E-state index is 11.2. The molecule has 1 aromatic rings. The molecule has 1 saturated heterocycles. The summed E-state index contributed by atoms with van der Waals surface area (Å²) >= 11 is 0. The van der Waals surface area contributed by atoms with Crippen molar-refractivity contribution in [3.05, 3.63) is 17.8 Å². The fourth-order valence-corrected chi connectivity index (χ4v) is 2.64. The molecule has 0 unspecified atom stereocenters. The quantitative estimate of drug-likeness (QED) is 0.758. The van der Waals surface area contributed by atoms with E-state index >= 15 is 0 Å². The molecule has 0 saturated carbocycles. The van der Waals surface area contributed by atoms with Gasteiger partial charge in [0.1, 0.15) is 5.82 Å². The zero-order valence-electron chi connectivity index (χ0n) is 8.77. The molecule has 2 N–H and O–H groups in total. The molecule has 1 aliphatic heterocycles. The molecular formula is C10H15N3OS. The Morgan fingerprint density at radius 1 is 1.47 bits per heavy atom. The van der Waals surface area contributed by atoms with Gasteiger partial charge in [-0.25, -0.2) is 4.98 Å². The number of hydrogen-bond acceptors (Lipinski definition) is 4. The lowest BCUT2D eigenvalue weighted by Gasteiger charge is -2.27. The summed E-state index contributed by atoms with van der Waals surface area (Å²) in [4.78, 5) is 6.45. The molecule has 0 bridgehead atoms. The third-order valence-corrected chi connectivity index (χ3v) is 3.91. The van der Waals surface area contributed by atoms with E-state index in [9.17, 15) is 4.21 Å². The molecule has 0 radical (unpaired) electrons. The minimum Gasteiger partial charge on any atom is -0.397 e. The predicted molar refractivity (Wildman–Crippen MR) is 63.5 cm³/mol. The molecule has 0 aliphatic carbocycles. The van der Waals surface area contributed by atoms with Gasteiger partial charge < -0.3 is 10.6 Å². The SMILES string of the molecule is Cc1cc(N2CCS(=O)CC2)ncc1N. The first kappa shape index (κ1) is 10.4. The van der Waals surface area contributed by atoms with Gasteiger partial charge in [0, 0.05) is 35.4 Å². The fourth-order valence-electron chi connectivity index (χ4n) is 1.59. The van der Waals surface area contributed by atoms with E-state index in [0.717, 1.165) is 41.7 Å². The number of pyridine rings is 1. The summed E-state index contributed by atoms with van der Waals surface area (Å²) in [7, 11) is -0.639. The number of rotatable bonds is 1. The van der Waals surface area contributed by atoms with Crippen LogP contribution in [0.25, 0.3) is 0 Å². The van der Waals surface area contributed by atoms with Crippen molar-refractivity contribution in [2.45, 2.75) is 6.92 Å². The monoisotopic (exact) mass is 225 g/mol. The van der Waals surface area contributed by atoms with Gasteiger partial charge in [-0.05, 0) is 18.6 Å². The first-order valence-corrected chi connectivity index (χ1v) is 6.47. The Hall–Kier alpha value is -1.10. The first-order valence-electron chi connectivity index (χ1n) is 4.99. The van der Waals surface area contributed by atoms with Crippen molar-refractivity contribution in [2.24, 2.45) is 0 Å². The van der Waals surface area contributed by atoms with E-state index in [1.165, 1.54) is 0 Å². The van der Waals surface area contributed by atoms with Gasteiger partial charge >= 0.3 is 0 Å². The van der Waals surface area contributed by atoms with Crippen molar-refractivity contribution in [3.8, 4) is 0 Å². The summed E-state index contributed by atoms with van der Waals surface area (Å²) in [5.74, 6) is 2.43. The number of anilines is 2. The van der Waals surface area contributed by atoms with Crippen LogP contribution >= 0.6 is 0 Å². The van der Waals surface area contributed by atoms with Crippen LogP contribution in [0.5, 0.6) is 0 Å². The zero-order valence-corrected chi connectivity index (χ0v) is 9.59. The van der Waals surface area contributed by atoms with Crippen LogP contribution in [-0.4, -0.2) is 33.8 Å². The van der Waals surface area contributed by atoms with Crippen molar-refractivity contribution in [1.29, 1.82) is 0 Å². The highest BCUT2D eigenvalue weighted by Gasteiger charge is 2.16. The summed E-state index contributed by atoms with van der Waals surface area (Å²) < 4.78 is 11.2. The third kappa shape index (κ3) is 2.28. The van der Waals surface area contributed by atoms with E-state index < -0.39 is 10.8 Å². The van der Waals surface area contributed by atoms with Gasteiger partial charge in [0.15, 0.2) is 0 Å². The van der Waals surface area contributed by atoms with Crippen LogP contribution in [0.15, 0.2) is 12.3 Å². The third-order valence-electron chi connectivity index (χ3n) is 2.64. The second kappa shape index (κ2) is 4.18. The molecule has 5 heteroatoms. The predicted octanol–water partition coefficient (Wildman–Crippen LogP) is 0.541. The summed E-state index contributed by atoms with van der Waals surface area (Å²) in [5.41, 5.74) is 7.48. The topological polar surface area (TPSA) is 59.2 Å². The van der Waals surface area contributed by atoms with Crippen LogP contribution in [-0.2, 0) is 10.8 Å². The second-order valence-corrected chi connectivity index (χ2v) is 5.43. The molecule has 0 amide bonds. The summed E-state index contributed by atoms with van der Waals surface area (Å²) in [6.07, 6.45) is 1.69. The first-order chi connectivity index (χ1) is 7.16. The summed E-state index contributed by atoms with van der Waals surface area (Å²) in [6, 6.07) is 1.99. The molecule has 0 aromatic carbocycles. The highest BCUT2D eigenvalue weighted by atomic mass is 32.2. The molecule has 1 aromatic heterocycles. The minimum atomic E-state index is -0.639. The average Bonchev–Trinajstić information content (AvgIpc) is 2.23. The highest BCUT2D eigenvalue weighted by molar-refractivity contribution is 7.85. The maximum atomic E-state index is 11.2. The van der Waals surface area contributed by atoms with Gasteiger partial charge in [-0.3, -0.25) is 4.21 Å². The highest BCUT2D eigenvalue weighted by Crippen LogP contribution is 2.18. The number of hydrogen-bond donors (Lipinski definition) is 1. The number of nitrogen functional groups attached to an aromatic ring is 1. The molecule has 15 heavy (non-hydrogen) atoms. The van der Waals surface area contributed by atoms with Gasteiger partial charge in [-0.15, -0.1) is 0 Å². The van der Waals surface area contributed by atoms with Gasteiger partial charge in [0.2, 0.25) is 0 Å². The Morgan fingerprint density at radius 2 is 2.13 bits per heavy atom. The van der Waals surface area contributed by atoms with Crippen LogP contribution in [0.4, 0.5) is 11.5 Å². The van der Waals surface area contributed by atoms with Crippen LogP contribution in [0.3, 0.4) is 0 Å². The van der Waals surface area contributed by atoms with E-state index in [4.69, 9.17) is 5.73 Å². The second-order valence-electron chi connectivity index (χ2n) is 3.73. The molecule has 0 spiro atoms. The Morgan fingerprint density at radius 3 is 2.73 bits per heavy atom.